The second-order valence-electron chi connectivity index (χ2n) is 7.15. The first-order valence-electron chi connectivity index (χ1n) is 9.08. The Bertz CT molecular complexity index is 1230. The maximum absolute atomic E-state index is 13.3. The highest BCUT2D eigenvalue weighted by Crippen LogP contribution is 2.37. The SMILES string of the molecule is NC(=O)C1CC(c2ccc3cc(-c4ccccc4C(F)(F)F)[nH]c(=O)c3c2)C(=O)N1. The van der Waals surface area contributed by atoms with E-state index in [-0.39, 0.29) is 29.0 Å². The Balaban J connectivity index is 1.78. The predicted octanol–water partition coefficient (Wildman–Crippen LogP) is 2.67. The molecule has 3 aromatic rings. The van der Waals surface area contributed by atoms with Crippen LogP contribution < -0.4 is 16.6 Å². The lowest BCUT2D eigenvalue weighted by Gasteiger charge is -2.13. The van der Waals surface area contributed by atoms with Crippen molar-refractivity contribution in [3.8, 4) is 11.3 Å². The van der Waals surface area contributed by atoms with Gasteiger partial charge in [-0.15, -0.1) is 0 Å². The second kappa shape index (κ2) is 7.01. The Labute approximate surface area is 167 Å². The number of H-pyrrole nitrogens is 1. The topological polar surface area (TPSA) is 105 Å². The number of carbonyl (C=O) groups is 2. The summed E-state index contributed by atoms with van der Waals surface area (Å²) in [4.78, 5) is 38.7. The van der Waals surface area contributed by atoms with E-state index in [1.165, 1.54) is 30.3 Å². The minimum atomic E-state index is -4.57. The third kappa shape index (κ3) is 3.42. The molecule has 9 heteroatoms. The van der Waals surface area contributed by atoms with Gasteiger partial charge in [0.2, 0.25) is 11.8 Å². The van der Waals surface area contributed by atoms with Crippen molar-refractivity contribution in [2.75, 3.05) is 0 Å². The molecule has 0 radical (unpaired) electrons. The van der Waals surface area contributed by atoms with Crippen molar-refractivity contribution in [2.45, 2.75) is 24.6 Å². The van der Waals surface area contributed by atoms with Gasteiger partial charge in [-0.3, -0.25) is 14.4 Å². The summed E-state index contributed by atoms with van der Waals surface area (Å²) >= 11 is 0. The zero-order valence-corrected chi connectivity index (χ0v) is 15.4. The van der Waals surface area contributed by atoms with Crippen LogP contribution in [-0.2, 0) is 15.8 Å². The zero-order chi connectivity index (χ0) is 21.6. The van der Waals surface area contributed by atoms with Crippen LogP contribution in [0.4, 0.5) is 13.2 Å². The molecular formula is C21H16F3N3O3. The van der Waals surface area contributed by atoms with Gasteiger partial charge in [0, 0.05) is 16.6 Å². The van der Waals surface area contributed by atoms with Gasteiger partial charge in [0.15, 0.2) is 0 Å². The van der Waals surface area contributed by atoms with Gasteiger partial charge in [-0.2, -0.15) is 13.2 Å². The number of aromatic amines is 1. The molecule has 154 valence electrons. The number of halogens is 3. The van der Waals surface area contributed by atoms with E-state index in [1.807, 2.05) is 0 Å². The quantitative estimate of drug-likeness (QED) is 0.613. The molecule has 1 saturated heterocycles. The van der Waals surface area contributed by atoms with Crippen molar-refractivity contribution in [3.63, 3.8) is 0 Å². The lowest BCUT2D eigenvalue weighted by atomic mass is 9.93. The number of fused-ring (bicyclic) bond motifs is 1. The number of primary amides is 1. The number of amides is 2. The monoisotopic (exact) mass is 415 g/mol. The van der Waals surface area contributed by atoms with Crippen molar-refractivity contribution in [1.82, 2.24) is 10.3 Å². The lowest BCUT2D eigenvalue weighted by molar-refractivity contribution is -0.137. The number of nitrogens with two attached hydrogens (primary N) is 1. The first-order valence-corrected chi connectivity index (χ1v) is 9.08. The number of carbonyl (C=O) groups excluding carboxylic acids is 2. The van der Waals surface area contributed by atoms with Gasteiger partial charge in [-0.1, -0.05) is 30.3 Å². The molecule has 2 unspecified atom stereocenters. The second-order valence-corrected chi connectivity index (χ2v) is 7.15. The van der Waals surface area contributed by atoms with Crippen molar-refractivity contribution in [1.29, 1.82) is 0 Å². The van der Waals surface area contributed by atoms with Crippen LogP contribution in [0.3, 0.4) is 0 Å². The summed E-state index contributed by atoms with van der Waals surface area (Å²) < 4.78 is 40.0. The highest BCUT2D eigenvalue weighted by atomic mass is 19.4. The Morgan fingerprint density at radius 1 is 1.07 bits per heavy atom. The van der Waals surface area contributed by atoms with Crippen LogP contribution in [-0.4, -0.2) is 22.8 Å². The van der Waals surface area contributed by atoms with E-state index >= 15 is 0 Å². The van der Waals surface area contributed by atoms with E-state index < -0.39 is 35.2 Å². The van der Waals surface area contributed by atoms with E-state index in [0.29, 0.717) is 10.9 Å². The number of alkyl halides is 3. The van der Waals surface area contributed by atoms with Crippen LogP contribution in [0, 0.1) is 0 Å². The first kappa shape index (κ1) is 19.7. The van der Waals surface area contributed by atoms with Crippen LogP contribution >= 0.6 is 0 Å². The molecule has 1 aromatic heterocycles. The maximum atomic E-state index is 13.3. The van der Waals surface area contributed by atoms with Crippen molar-refractivity contribution < 1.29 is 22.8 Å². The molecule has 4 N–H and O–H groups in total. The van der Waals surface area contributed by atoms with Gasteiger partial charge in [0.05, 0.1) is 11.5 Å². The molecule has 1 aliphatic rings. The molecule has 2 amide bonds. The number of rotatable bonds is 3. The summed E-state index contributed by atoms with van der Waals surface area (Å²) in [6.45, 7) is 0. The van der Waals surface area contributed by atoms with E-state index in [4.69, 9.17) is 5.73 Å². The Hall–Kier alpha value is -3.62. The van der Waals surface area contributed by atoms with Gasteiger partial charge >= 0.3 is 6.18 Å². The van der Waals surface area contributed by atoms with Crippen molar-refractivity contribution in [3.05, 3.63) is 70.0 Å². The molecule has 6 nitrogen and oxygen atoms in total. The van der Waals surface area contributed by atoms with Gasteiger partial charge in [0.1, 0.15) is 6.04 Å². The fourth-order valence-corrected chi connectivity index (χ4v) is 3.75. The van der Waals surface area contributed by atoms with E-state index in [2.05, 4.69) is 10.3 Å². The number of hydrogen-bond acceptors (Lipinski definition) is 3. The number of nitrogens with one attached hydrogen (secondary N) is 2. The Kier molecular flexibility index (Phi) is 4.60. The molecule has 0 saturated carbocycles. The zero-order valence-electron chi connectivity index (χ0n) is 15.4. The largest absolute Gasteiger partial charge is 0.417 e. The van der Waals surface area contributed by atoms with Crippen LogP contribution in [0.15, 0.2) is 53.3 Å². The molecule has 2 atom stereocenters. The minimum Gasteiger partial charge on any atom is -0.368 e. The summed E-state index contributed by atoms with van der Waals surface area (Å²) in [7, 11) is 0. The number of aromatic nitrogens is 1. The molecule has 2 aromatic carbocycles. The van der Waals surface area contributed by atoms with Crippen LogP contribution in [0.25, 0.3) is 22.0 Å². The van der Waals surface area contributed by atoms with Crippen LogP contribution in [0.1, 0.15) is 23.5 Å². The van der Waals surface area contributed by atoms with Crippen LogP contribution in [0.2, 0.25) is 0 Å². The average Bonchev–Trinajstić information content (AvgIpc) is 3.09. The smallest absolute Gasteiger partial charge is 0.368 e. The molecule has 0 bridgehead atoms. The summed E-state index contributed by atoms with van der Waals surface area (Å²) in [5.74, 6) is -1.65. The van der Waals surface area contributed by atoms with Crippen molar-refractivity contribution in [2.24, 2.45) is 5.73 Å². The average molecular weight is 415 g/mol. The Morgan fingerprint density at radius 2 is 1.80 bits per heavy atom. The van der Waals surface area contributed by atoms with E-state index in [0.717, 1.165) is 6.07 Å². The number of benzene rings is 2. The number of hydrogen-bond donors (Lipinski definition) is 3. The predicted molar refractivity (Wildman–Crippen MR) is 103 cm³/mol. The highest BCUT2D eigenvalue weighted by molar-refractivity contribution is 5.95. The van der Waals surface area contributed by atoms with E-state index in [1.54, 1.807) is 12.1 Å². The summed E-state index contributed by atoms with van der Waals surface area (Å²) in [5.41, 5.74) is 4.25. The molecule has 4 rings (SSSR count). The highest BCUT2D eigenvalue weighted by Gasteiger charge is 2.36. The maximum Gasteiger partial charge on any atom is 0.417 e. The molecule has 0 spiro atoms. The van der Waals surface area contributed by atoms with Crippen molar-refractivity contribution >= 4 is 22.6 Å². The van der Waals surface area contributed by atoms with Gasteiger partial charge in [-0.25, -0.2) is 0 Å². The summed E-state index contributed by atoms with van der Waals surface area (Å²) in [5, 5.41) is 3.17. The molecule has 1 aliphatic heterocycles. The van der Waals surface area contributed by atoms with Gasteiger partial charge in [-0.05, 0) is 35.6 Å². The number of pyridine rings is 1. The molecule has 2 heterocycles. The fourth-order valence-electron chi connectivity index (χ4n) is 3.75. The summed E-state index contributed by atoms with van der Waals surface area (Å²) in [6, 6.07) is 10.4. The molecule has 30 heavy (non-hydrogen) atoms. The van der Waals surface area contributed by atoms with E-state index in [9.17, 15) is 27.6 Å². The molecule has 1 fully saturated rings. The standard InChI is InChI=1S/C21H16F3N3O3/c22-21(23,24)15-4-2-1-3-12(15)16-8-11-6-5-10(7-13(11)19(29)26-16)14-9-17(18(25)28)27-20(14)30/h1-8,14,17H,9H2,(H2,25,28)(H,26,29)(H,27,30). The van der Waals surface area contributed by atoms with Gasteiger partial charge in [0.25, 0.3) is 5.56 Å². The van der Waals surface area contributed by atoms with Gasteiger partial charge < -0.3 is 16.0 Å². The van der Waals surface area contributed by atoms with Crippen LogP contribution in [0.5, 0.6) is 0 Å². The lowest BCUT2D eigenvalue weighted by Crippen LogP contribution is -2.37. The Morgan fingerprint density at radius 3 is 2.47 bits per heavy atom. The normalized spacial score (nSPS) is 19.1. The minimum absolute atomic E-state index is 0.0422. The molecule has 0 aliphatic carbocycles. The molecular weight excluding hydrogens is 399 g/mol. The fraction of sp³-hybridized carbons (Fsp3) is 0.190. The third-order valence-corrected chi connectivity index (χ3v) is 5.24. The third-order valence-electron chi connectivity index (χ3n) is 5.24. The summed E-state index contributed by atoms with van der Waals surface area (Å²) in [6.07, 6.45) is -4.40. The first-order chi connectivity index (χ1) is 14.1.